The van der Waals surface area contributed by atoms with Gasteiger partial charge >= 0.3 is 0 Å². The van der Waals surface area contributed by atoms with E-state index in [1.807, 2.05) is 37.5 Å². The van der Waals surface area contributed by atoms with Gasteiger partial charge in [-0.25, -0.2) is 15.0 Å². The summed E-state index contributed by atoms with van der Waals surface area (Å²) in [5, 5.41) is 3.33. The molecule has 4 rings (SSSR count). The third-order valence-corrected chi connectivity index (χ3v) is 5.06. The van der Waals surface area contributed by atoms with Gasteiger partial charge in [-0.05, 0) is 63.1 Å². The normalized spacial score (nSPS) is 17.4. The van der Waals surface area contributed by atoms with Crippen molar-refractivity contribution in [1.29, 1.82) is 0 Å². The molecule has 4 heterocycles. The summed E-state index contributed by atoms with van der Waals surface area (Å²) in [5.74, 6) is 2.81. The van der Waals surface area contributed by atoms with Crippen LogP contribution in [0, 0.1) is 13.8 Å². The maximum Gasteiger partial charge on any atom is 0.135 e. The van der Waals surface area contributed by atoms with Crippen LogP contribution in [0.4, 0.5) is 11.6 Å². The average molecular weight is 374 g/mol. The Morgan fingerprint density at radius 1 is 1.04 bits per heavy atom. The number of hydrogen-bond acceptors (Lipinski definition) is 6. The van der Waals surface area contributed by atoms with E-state index in [0.29, 0.717) is 5.92 Å². The zero-order valence-corrected chi connectivity index (χ0v) is 16.5. The molecule has 3 aromatic rings. The number of rotatable bonds is 5. The molecule has 3 aromatic heterocycles. The molecule has 6 nitrogen and oxygen atoms in total. The molecule has 1 saturated heterocycles. The SMILES string of the molecule is Cc1ccnc(Nc2cc(C3CCCN(Cc4ccccn4)C3)nc(C)n2)c1. The summed E-state index contributed by atoms with van der Waals surface area (Å²) in [7, 11) is 0. The molecule has 0 saturated carbocycles. The van der Waals surface area contributed by atoms with E-state index in [9.17, 15) is 0 Å². The molecule has 1 N–H and O–H groups in total. The van der Waals surface area contributed by atoms with E-state index in [1.165, 1.54) is 12.0 Å². The smallest absolute Gasteiger partial charge is 0.135 e. The fourth-order valence-corrected chi connectivity index (χ4v) is 3.76. The summed E-state index contributed by atoms with van der Waals surface area (Å²) in [5.41, 5.74) is 3.39. The summed E-state index contributed by atoms with van der Waals surface area (Å²) in [4.78, 5) is 20.6. The lowest BCUT2D eigenvalue weighted by Crippen LogP contribution is -2.34. The van der Waals surface area contributed by atoms with Gasteiger partial charge in [0.2, 0.25) is 0 Å². The summed E-state index contributed by atoms with van der Waals surface area (Å²) in [6, 6.07) is 12.2. The number of aryl methyl sites for hydroxylation is 2. The lowest BCUT2D eigenvalue weighted by Gasteiger charge is -2.32. The molecule has 144 valence electrons. The van der Waals surface area contributed by atoms with Crippen LogP contribution in [0.1, 0.15) is 41.5 Å². The summed E-state index contributed by atoms with van der Waals surface area (Å²) >= 11 is 0. The van der Waals surface area contributed by atoms with Crippen molar-refractivity contribution in [2.24, 2.45) is 0 Å². The van der Waals surface area contributed by atoms with Gasteiger partial charge in [0.1, 0.15) is 17.5 Å². The van der Waals surface area contributed by atoms with Crippen LogP contribution in [0.5, 0.6) is 0 Å². The van der Waals surface area contributed by atoms with Gasteiger partial charge in [0.05, 0.1) is 11.4 Å². The predicted octanol–water partition coefficient (Wildman–Crippen LogP) is 4.01. The molecule has 0 bridgehead atoms. The fourth-order valence-electron chi connectivity index (χ4n) is 3.76. The van der Waals surface area contributed by atoms with E-state index in [-0.39, 0.29) is 0 Å². The van der Waals surface area contributed by atoms with Gasteiger partial charge in [0.15, 0.2) is 0 Å². The van der Waals surface area contributed by atoms with Crippen molar-refractivity contribution < 1.29 is 0 Å². The second kappa shape index (κ2) is 8.44. The Morgan fingerprint density at radius 2 is 1.96 bits per heavy atom. The summed E-state index contributed by atoms with van der Waals surface area (Å²) < 4.78 is 0. The topological polar surface area (TPSA) is 66.8 Å². The van der Waals surface area contributed by atoms with Crippen LogP contribution in [0.15, 0.2) is 48.8 Å². The number of piperidine rings is 1. The lowest BCUT2D eigenvalue weighted by molar-refractivity contribution is 0.196. The monoisotopic (exact) mass is 374 g/mol. The number of nitrogens with zero attached hydrogens (tertiary/aromatic N) is 5. The van der Waals surface area contributed by atoms with E-state index in [2.05, 4.69) is 50.3 Å². The Hall–Kier alpha value is -2.86. The molecule has 1 aliphatic heterocycles. The first kappa shape index (κ1) is 18.5. The van der Waals surface area contributed by atoms with Gasteiger partial charge < -0.3 is 5.32 Å². The standard InChI is InChI=1S/C22H26N6/c1-16-8-10-24-21(12-16)27-22-13-20(25-17(2)26-22)18-6-5-11-28(14-18)15-19-7-3-4-9-23-19/h3-4,7-10,12-13,18H,5-6,11,14-15H2,1-2H3,(H,24,25,26,27). The zero-order valence-electron chi connectivity index (χ0n) is 16.5. The third kappa shape index (κ3) is 4.70. The highest BCUT2D eigenvalue weighted by molar-refractivity contribution is 5.52. The van der Waals surface area contributed by atoms with Crippen molar-refractivity contribution in [3.05, 3.63) is 71.6 Å². The summed E-state index contributed by atoms with van der Waals surface area (Å²) in [6.07, 6.45) is 5.99. The lowest BCUT2D eigenvalue weighted by atomic mass is 9.94. The molecule has 0 amide bonds. The van der Waals surface area contributed by atoms with Crippen molar-refractivity contribution in [3.8, 4) is 0 Å². The van der Waals surface area contributed by atoms with E-state index in [1.54, 1.807) is 0 Å². The molecule has 0 aliphatic carbocycles. The van der Waals surface area contributed by atoms with Crippen molar-refractivity contribution in [2.45, 2.75) is 39.2 Å². The molecule has 1 aliphatic rings. The Morgan fingerprint density at radius 3 is 2.79 bits per heavy atom. The van der Waals surface area contributed by atoms with E-state index in [4.69, 9.17) is 4.98 Å². The van der Waals surface area contributed by atoms with Crippen LogP contribution in [-0.2, 0) is 6.54 Å². The van der Waals surface area contributed by atoms with Gasteiger partial charge in [0, 0.05) is 37.5 Å². The molecule has 6 heteroatoms. The number of hydrogen-bond donors (Lipinski definition) is 1. The second-order valence-corrected chi connectivity index (χ2v) is 7.46. The molecular weight excluding hydrogens is 348 g/mol. The minimum atomic E-state index is 0.408. The molecule has 1 atom stereocenters. The minimum absolute atomic E-state index is 0.408. The van der Waals surface area contributed by atoms with E-state index >= 15 is 0 Å². The van der Waals surface area contributed by atoms with Gasteiger partial charge in [-0.15, -0.1) is 0 Å². The van der Waals surface area contributed by atoms with Crippen LogP contribution in [0.2, 0.25) is 0 Å². The second-order valence-electron chi connectivity index (χ2n) is 7.46. The van der Waals surface area contributed by atoms with E-state index < -0.39 is 0 Å². The number of anilines is 2. The first-order valence-electron chi connectivity index (χ1n) is 9.83. The van der Waals surface area contributed by atoms with Crippen molar-refractivity contribution in [1.82, 2.24) is 24.8 Å². The number of pyridine rings is 2. The van der Waals surface area contributed by atoms with Crippen molar-refractivity contribution in [2.75, 3.05) is 18.4 Å². The Bertz CT molecular complexity index is 927. The molecule has 28 heavy (non-hydrogen) atoms. The van der Waals surface area contributed by atoms with Crippen LogP contribution < -0.4 is 5.32 Å². The molecule has 1 fully saturated rings. The minimum Gasteiger partial charge on any atom is -0.325 e. The number of likely N-dealkylation sites (tertiary alicyclic amines) is 1. The highest BCUT2D eigenvalue weighted by Crippen LogP contribution is 2.28. The van der Waals surface area contributed by atoms with Gasteiger partial charge in [-0.2, -0.15) is 0 Å². The van der Waals surface area contributed by atoms with Crippen LogP contribution in [0.25, 0.3) is 0 Å². The maximum atomic E-state index is 4.74. The van der Waals surface area contributed by atoms with Crippen molar-refractivity contribution in [3.63, 3.8) is 0 Å². The Balaban J connectivity index is 1.49. The molecule has 0 radical (unpaired) electrons. The van der Waals surface area contributed by atoms with Crippen LogP contribution in [-0.4, -0.2) is 37.9 Å². The highest BCUT2D eigenvalue weighted by Gasteiger charge is 2.23. The third-order valence-electron chi connectivity index (χ3n) is 5.06. The van der Waals surface area contributed by atoms with Gasteiger partial charge in [0.25, 0.3) is 0 Å². The Labute approximate surface area is 166 Å². The zero-order chi connectivity index (χ0) is 19.3. The first-order valence-corrected chi connectivity index (χ1v) is 9.83. The largest absolute Gasteiger partial charge is 0.325 e. The molecule has 0 aromatic carbocycles. The Kier molecular flexibility index (Phi) is 5.58. The van der Waals surface area contributed by atoms with Gasteiger partial charge in [-0.3, -0.25) is 9.88 Å². The predicted molar refractivity (Wildman–Crippen MR) is 111 cm³/mol. The van der Waals surface area contributed by atoms with Gasteiger partial charge in [-0.1, -0.05) is 6.07 Å². The van der Waals surface area contributed by atoms with Crippen LogP contribution in [0.3, 0.4) is 0 Å². The number of aromatic nitrogens is 4. The molecular formula is C22H26N6. The molecule has 1 unspecified atom stereocenters. The summed E-state index contributed by atoms with van der Waals surface area (Å²) in [6.45, 7) is 7.00. The van der Waals surface area contributed by atoms with Crippen molar-refractivity contribution >= 4 is 11.6 Å². The fraction of sp³-hybridized carbons (Fsp3) is 0.364. The van der Waals surface area contributed by atoms with E-state index in [0.717, 1.165) is 54.9 Å². The quantitative estimate of drug-likeness (QED) is 0.728. The van der Waals surface area contributed by atoms with Crippen LogP contribution >= 0.6 is 0 Å². The first-order chi connectivity index (χ1) is 13.7. The average Bonchev–Trinajstić information content (AvgIpc) is 2.69. The maximum absolute atomic E-state index is 4.74. The number of nitrogens with one attached hydrogen (secondary N) is 1. The highest BCUT2D eigenvalue weighted by atomic mass is 15.1. The molecule has 0 spiro atoms.